The fourth-order valence-corrected chi connectivity index (χ4v) is 1.44. The largest absolute Gasteiger partial charge is 0.398 e. The van der Waals surface area contributed by atoms with Crippen molar-refractivity contribution in [3.05, 3.63) is 42.2 Å². The topological polar surface area (TPSA) is 77.0 Å². The molecule has 0 saturated heterocycles. The first-order valence-electron chi connectivity index (χ1n) is 4.54. The number of hydrogen-bond acceptors (Lipinski definition) is 4. The number of aliphatic hydroxyl groups excluding tert-OH is 1. The Morgan fingerprint density at radius 1 is 1.40 bits per heavy atom. The first-order chi connectivity index (χ1) is 7.20. The lowest BCUT2D eigenvalue weighted by Crippen LogP contribution is -2.08. The van der Waals surface area contributed by atoms with Gasteiger partial charge in [-0.25, -0.2) is 4.98 Å². The van der Waals surface area contributed by atoms with Crippen LogP contribution in [0.5, 0.6) is 0 Å². The first kappa shape index (κ1) is 9.67. The number of aliphatic hydroxyl groups is 1. The summed E-state index contributed by atoms with van der Waals surface area (Å²) in [6, 6.07) is 1.66. The Morgan fingerprint density at radius 2 is 2.20 bits per heavy atom. The molecule has 1 unspecified atom stereocenters. The van der Waals surface area contributed by atoms with Crippen molar-refractivity contribution in [3.63, 3.8) is 0 Å². The summed E-state index contributed by atoms with van der Waals surface area (Å²) in [5.74, 6) is 0. The lowest BCUT2D eigenvalue weighted by Gasteiger charge is -2.12. The first-order valence-corrected chi connectivity index (χ1v) is 4.54. The molecule has 0 amide bonds. The van der Waals surface area contributed by atoms with E-state index < -0.39 is 6.10 Å². The Hall–Kier alpha value is -1.88. The van der Waals surface area contributed by atoms with E-state index in [0.29, 0.717) is 16.9 Å². The molecular weight excluding hydrogens is 192 g/mol. The van der Waals surface area contributed by atoms with Gasteiger partial charge in [0.25, 0.3) is 0 Å². The van der Waals surface area contributed by atoms with Gasteiger partial charge in [0.1, 0.15) is 6.10 Å². The van der Waals surface area contributed by atoms with Crippen LogP contribution in [-0.4, -0.2) is 19.6 Å². The minimum atomic E-state index is -0.786. The summed E-state index contributed by atoms with van der Waals surface area (Å²) in [6.45, 7) is 0. The van der Waals surface area contributed by atoms with Gasteiger partial charge in [0.15, 0.2) is 0 Å². The summed E-state index contributed by atoms with van der Waals surface area (Å²) in [6.07, 6.45) is 5.61. The second-order valence-electron chi connectivity index (χ2n) is 3.34. The zero-order chi connectivity index (χ0) is 10.8. The quantitative estimate of drug-likeness (QED) is 0.745. The molecule has 0 fully saturated rings. The highest BCUT2D eigenvalue weighted by molar-refractivity contribution is 5.47. The predicted molar refractivity (Wildman–Crippen MR) is 55.9 cm³/mol. The molecule has 2 aromatic rings. The summed E-state index contributed by atoms with van der Waals surface area (Å²) in [4.78, 5) is 7.88. The Bertz CT molecular complexity index is 466. The molecule has 0 aromatic carbocycles. The van der Waals surface area contributed by atoms with Crippen LogP contribution in [0.4, 0.5) is 5.69 Å². The molecule has 5 heteroatoms. The van der Waals surface area contributed by atoms with Gasteiger partial charge in [0, 0.05) is 30.7 Å². The third-order valence-electron chi connectivity index (χ3n) is 2.32. The van der Waals surface area contributed by atoms with E-state index >= 15 is 0 Å². The third kappa shape index (κ3) is 1.69. The van der Waals surface area contributed by atoms with E-state index in [2.05, 4.69) is 9.97 Å². The lowest BCUT2D eigenvalue weighted by atomic mass is 10.1. The molecule has 5 nitrogen and oxygen atoms in total. The smallest absolute Gasteiger partial charge is 0.124 e. The highest BCUT2D eigenvalue weighted by Crippen LogP contribution is 2.24. The Morgan fingerprint density at radius 3 is 2.80 bits per heavy atom. The van der Waals surface area contributed by atoms with E-state index in [-0.39, 0.29) is 0 Å². The second kappa shape index (κ2) is 3.70. The van der Waals surface area contributed by atoms with Crippen LogP contribution in [0.1, 0.15) is 17.4 Å². The number of hydrogen-bond donors (Lipinski definition) is 2. The average molecular weight is 204 g/mol. The van der Waals surface area contributed by atoms with Crippen LogP contribution in [0, 0.1) is 0 Å². The monoisotopic (exact) mass is 204 g/mol. The van der Waals surface area contributed by atoms with Gasteiger partial charge in [-0.15, -0.1) is 0 Å². The number of imidazole rings is 1. The van der Waals surface area contributed by atoms with Gasteiger partial charge >= 0.3 is 0 Å². The lowest BCUT2D eigenvalue weighted by molar-refractivity contribution is 0.212. The van der Waals surface area contributed by atoms with Crippen molar-refractivity contribution in [2.24, 2.45) is 7.05 Å². The van der Waals surface area contributed by atoms with Crippen molar-refractivity contribution < 1.29 is 5.11 Å². The van der Waals surface area contributed by atoms with Crippen LogP contribution in [-0.2, 0) is 7.05 Å². The predicted octanol–water partition coefficient (Wildman–Crippen LogP) is 0.479. The summed E-state index contributed by atoms with van der Waals surface area (Å²) in [5.41, 5.74) is 7.56. The Kier molecular flexibility index (Phi) is 2.39. The van der Waals surface area contributed by atoms with Crippen LogP contribution in [0.2, 0.25) is 0 Å². The molecule has 15 heavy (non-hydrogen) atoms. The number of nitrogen functional groups attached to an aromatic ring is 1. The van der Waals surface area contributed by atoms with Crippen LogP contribution in [0.25, 0.3) is 0 Å². The summed E-state index contributed by atoms with van der Waals surface area (Å²) in [7, 11) is 1.82. The molecule has 0 aliphatic heterocycles. The van der Waals surface area contributed by atoms with Gasteiger partial charge in [-0.2, -0.15) is 0 Å². The molecule has 0 bridgehead atoms. The second-order valence-corrected chi connectivity index (χ2v) is 3.34. The van der Waals surface area contributed by atoms with Gasteiger partial charge in [-0.05, 0) is 6.07 Å². The van der Waals surface area contributed by atoms with Crippen molar-refractivity contribution in [3.8, 4) is 0 Å². The molecule has 3 N–H and O–H groups in total. The fraction of sp³-hybridized carbons (Fsp3) is 0.200. The maximum absolute atomic E-state index is 10.1. The molecular formula is C10H12N4O. The average Bonchev–Trinajstić information content (AvgIpc) is 2.64. The number of aromatic nitrogens is 3. The maximum atomic E-state index is 10.1. The molecule has 1 atom stereocenters. The van der Waals surface area contributed by atoms with E-state index in [4.69, 9.17) is 5.73 Å². The minimum absolute atomic E-state index is 0.527. The summed E-state index contributed by atoms with van der Waals surface area (Å²) in [5, 5.41) is 10.1. The number of pyridine rings is 1. The van der Waals surface area contributed by atoms with E-state index in [1.165, 1.54) is 0 Å². The standard InChI is InChI=1S/C10H12N4O/c1-14-6-13-5-9(14)10(15)7-4-12-3-2-8(7)11/h2-6,10,15H,1H3,(H2,11,12). The van der Waals surface area contributed by atoms with Crippen molar-refractivity contribution in [2.75, 3.05) is 5.73 Å². The molecule has 2 aromatic heterocycles. The highest BCUT2D eigenvalue weighted by Gasteiger charge is 2.16. The Balaban J connectivity index is 2.41. The molecule has 0 spiro atoms. The maximum Gasteiger partial charge on any atom is 0.124 e. The normalized spacial score (nSPS) is 12.7. The molecule has 0 aliphatic rings. The van der Waals surface area contributed by atoms with Crippen LogP contribution >= 0.6 is 0 Å². The number of nitrogens with two attached hydrogens (primary N) is 1. The molecule has 0 saturated carbocycles. The van der Waals surface area contributed by atoms with E-state index in [0.717, 1.165) is 0 Å². The van der Waals surface area contributed by atoms with E-state index in [1.54, 1.807) is 35.6 Å². The van der Waals surface area contributed by atoms with Crippen LogP contribution in [0.3, 0.4) is 0 Å². The zero-order valence-electron chi connectivity index (χ0n) is 8.33. The molecule has 2 rings (SSSR count). The minimum Gasteiger partial charge on any atom is -0.398 e. The van der Waals surface area contributed by atoms with Gasteiger partial charge < -0.3 is 15.4 Å². The van der Waals surface area contributed by atoms with Gasteiger partial charge in [-0.1, -0.05) is 0 Å². The van der Waals surface area contributed by atoms with Crippen molar-refractivity contribution >= 4 is 5.69 Å². The van der Waals surface area contributed by atoms with Crippen LogP contribution in [0.15, 0.2) is 31.0 Å². The molecule has 0 aliphatic carbocycles. The number of aryl methyl sites for hydroxylation is 1. The molecule has 2 heterocycles. The third-order valence-corrected chi connectivity index (χ3v) is 2.32. The number of rotatable bonds is 2. The molecule has 0 radical (unpaired) electrons. The van der Waals surface area contributed by atoms with Gasteiger partial charge in [0.05, 0.1) is 18.2 Å². The molecule has 78 valence electrons. The van der Waals surface area contributed by atoms with Crippen molar-refractivity contribution in [2.45, 2.75) is 6.10 Å². The summed E-state index contributed by atoms with van der Waals surface area (Å²) >= 11 is 0. The van der Waals surface area contributed by atoms with E-state index in [1.807, 2.05) is 7.05 Å². The van der Waals surface area contributed by atoms with Gasteiger partial charge in [-0.3, -0.25) is 4.98 Å². The zero-order valence-corrected chi connectivity index (χ0v) is 8.33. The summed E-state index contributed by atoms with van der Waals surface area (Å²) < 4.78 is 1.75. The Labute approximate surface area is 87.2 Å². The number of nitrogens with zero attached hydrogens (tertiary/aromatic N) is 3. The SMILES string of the molecule is Cn1cncc1C(O)c1cnccc1N. The van der Waals surface area contributed by atoms with E-state index in [9.17, 15) is 5.11 Å². The fourth-order valence-electron chi connectivity index (χ4n) is 1.44. The van der Waals surface area contributed by atoms with Crippen molar-refractivity contribution in [1.29, 1.82) is 0 Å². The highest BCUT2D eigenvalue weighted by atomic mass is 16.3. The number of anilines is 1. The van der Waals surface area contributed by atoms with Gasteiger partial charge in [0.2, 0.25) is 0 Å². The van der Waals surface area contributed by atoms with Crippen LogP contribution < -0.4 is 5.73 Å². The van der Waals surface area contributed by atoms with Crippen molar-refractivity contribution in [1.82, 2.24) is 14.5 Å².